The van der Waals surface area contributed by atoms with Gasteiger partial charge in [0, 0.05) is 0 Å². The topological polar surface area (TPSA) is 47.6 Å². The fourth-order valence-corrected chi connectivity index (χ4v) is 2.49. The highest BCUT2D eigenvalue weighted by molar-refractivity contribution is 5.31. The van der Waals surface area contributed by atoms with E-state index < -0.39 is 6.10 Å². The summed E-state index contributed by atoms with van der Waals surface area (Å²) >= 11 is 0. The average molecular weight is 282 g/mol. The van der Waals surface area contributed by atoms with Crippen molar-refractivity contribution in [3.8, 4) is 11.5 Å². The van der Waals surface area contributed by atoms with Crippen molar-refractivity contribution >= 4 is 0 Å². The summed E-state index contributed by atoms with van der Waals surface area (Å²) in [6, 6.07) is 7.43. The van der Waals surface area contributed by atoms with Crippen molar-refractivity contribution in [3.05, 3.63) is 24.3 Å². The third kappa shape index (κ3) is 4.67. The van der Waals surface area contributed by atoms with Crippen LogP contribution in [0, 0.1) is 0 Å². The summed E-state index contributed by atoms with van der Waals surface area (Å²) in [5.41, 5.74) is 0. The van der Waals surface area contributed by atoms with Crippen LogP contribution in [0.3, 0.4) is 0 Å². The average Bonchev–Trinajstić information content (AvgIpc) is 2.48. The van der Waals surface area contributed by atoms with E-state index in [0.717, 1.165) is 31.1 Å². The first kappa shape index (κ1) is 15.1. The Bertz CT molecular complexity index is 389. The van der Waals surface area contributed by atoms with Gasteiger partial charge in [-0.25, -0.2) is 0 Å². The normalized spacial score (nSPS) is 24.1. The van der Waals surface area contributed by atoms with Gasteiger partial charge in [0.05, 0.1) is 14.2 Å². The highest BCUT2D eigenvalue weighted by Gasteiger charge is 2.22. The van der Waals surface area contributed by atoms with Gasteiger partial charge in [0.25, 0.3) is 0 Å². The van der Waals surface area contributed by atoms with Gasteiger partial charge in [-0.05, 0) is 24.3 Å². The van der Waals surface area contributed by atoms with Crippen molar-refractivity contribution in [2.24, 2.45) is 0 Å². The molecule has 0 aliphatic carbocycles. The predicted molar refractivity (Wildman–Crippen MR) is 76.7 cm³/mol. The minimum Gasteiger partial charge on any atom is -0.497 e. The zero-order valence-electron chi connectivity index (χ0n) is 12.4. The standard InChI is InChI=1S/C15H24N2O3/c1-16-7-9-17(10-8-16)11-13(18)12-20-15-5-3-14(19-2)4-6-15/h3-6,13,18H,7-12H2,1-2H3/p+2. The van der Waals surface area contributed by atoms with Gasteiger partial charge in [0.2, 0.25) is 0 Å². The number of piperazine rings is 1. The summed E-state index contributed by atoms with van der Waals surface area (Å²) in [6.07, 6.45) is -0.412. The molecular weight excluding hydrogens is 256 g/mol. The van der Waals surface area contributed by atoms with Crippen molar-refractivity contribution in [1.29, 1.82) is 0 Å². The number of quaternary nitrogens is 2. The molecule has 1 aromatic rings. The van der Waals surface area contributed by atoms with Gasteiger partial charge < -0.3 is 24.4 Å². The number of methoxy groups -OCH3 is 1. The second kappa shape index (κ2) is 7.47. The van der Waals surface area contributed by atoms with E-state index in [1.807, 2.05) is 24.3 Å². The SMILES string of the molecule is COc1ccc(OCC(O)C[NH+]2CC[NH+](C)CC2)cc1. The van der Waals surface area contributed by atoms with E-state index in [9.17, 15) is 5.11 Å². The Morgan fingerprint density at radius 2 is 1.70 bits per heavy atom. The van der Waals surface area contributed by atoms with Crippen molar-refractivity contribution in [1.82, 2.24) is 0 Å². The maximum atomic E-state index is 10.1. The Labute approximate surface area is 120 Å². The molecule has 20 heavy (non-hydrogen) atoms. The molecule has 0 amide bonds. The first-order valence-electron chi connectivity index (χ1n) is 7.27. The third-order valence-electron chi connectivity index (χ3n) is 3.84. The van der Waals surface area contributed by atoms with Crippen molar-refractivity contribution < 1.29 is 24.4 Å². The lowest BCUT2D eigenvalue weighted by atomic mass is 10.2. The number of likely N-dealkylation sites (N-methyl/N-ethyl adjacent to an activating group) is 1. The monoisotopic (exact) mass is 282 g/mol. The van der Waals surface area contributed by atoms with Crippen LogP contribution in [0.15, 0.2) is 24.3 Å². The quantitative estimate of drug-likeness (QED) is 0.557. The van der Waals surface area contributed by atoms with Crippen molar-refractivity contribution in [2.75, 3.05) is 53.5 Å². The molecule has 2 rings (SSSR count). The first-order valence-corrected chi connectivity index (χ1v) is 7.27. The summed E-state index contributed by atoms with van der Waals surface area (Å²) in [6.45, 7) is 5.74. The van der Waals surface area contributed by atoms with Crippen molar-refractivity contribution in [3.63, 3.8) is 0 Å². The molecule has 1 aliphatic rings. The Balaban J connectivity index is 1.70. The summed E-state index contributed by atoms with van der Waals surface area (Å²) in [7, 11) is 3.86. The van der Waals surface area contributed by atoms with E-state index >= 15 is 0 Å². The molecule has 112 valence electrons. The summed E-state index contributed by atoms with van der Waals surface area (Å²) in [5.74, 6) is 1.57. The minimum atomic E-state index is -0.412. The zero-order chi connectivity index (χ0) is 14.4. The Morgan fingerprint density at radius 1 is 1.10 bits per heavy atom. The smallest absolute Gasteiger partial charge is 0.137 e. The number of rotatable bonds is 6. The van der Waals surface area contributed by atoms with Crippen LogP contribution in [0.2, 0.25) is 0 Å². The highest BCUT2D eigenvalue weighted by atomic mass is 16.5. The van der Waals surface area contributed by atoms with Gasteiger partial charge in [0.15, 0.2) is 0 Å². The maximum absolute atomic E-state index is 10.1. The highest BCUT2D eigenvalue weighted by Crippen LogP contribution is 2.16. The number of hydrogen-bond acceptors (Lipinski definition) is 3. The van der Waals surface area contributed by atoms with Crippen molar-refractivity contribution in [2.45, 2.75) is 6.10 Å². The lowest BCUT2D eigenvalue weighted by Crippen LogP contribution is -3.27. The fraction of sp³-hybridized carbons (Fsp3) is 0.600. The third-order valence-corrected chi connectivity index (χ3v) is 3.84. The molecule has 0 spiro atoms. The number of aliphatic hydroxyl groups excluding tert-OH is 1. The van der Waals surface area contributed by atoms with Gasteiger partial charge in [0.1, 0.15) is 56.9 Å². The molecule has 1 unspecified atom stereocenters. The number of benzene rings is 1. The summed E-state index contributed by atoms with van der Waals surface area (Å²) in [5, 5.41) is 10.1. The van der Waals surface area contributed by atoms with E-state index in [1.54, 1.807) is 12.0 Å². The van der Waals surface area contributed by atoms with Crippen LogP contribution in [-0.2, 0) is 0 Å². The van der Waals surface area contributed by atoms with Crippen LogP contribution in [-0.4, -0.2) is 64.7 Å². The molecule has 5 heteroatoms. The first-order chi connectivity index (χ1) is 9.67. The van der Waals surface area contributed by atoms with Gasteiger partial charge in [-0.3, -0.25) is 0 Å². The van der Waals surface area contributed by atoms with Crippen LogP contribution in [0.1, 0.15) is 0 Å². The molecule has 1 heterocycles. The lowest BCUT2D eigenvalue weighted by Gasteiger charge is -2.28. The van der Waals surface area contributed by atoms with Gasteiger partial charge in [-0.1, -0.05) is 0 Å². The summed E-state index contributed by atoms with van der Waals surface area (Å²) < 4.78 is 10.7. The second-order valence-corrected chi connectivity index (χ2v) is 5.55. The Hall–Kier alpha value is -1.30. The Morgan fingerprint density at radius 3 is 2.30 bits per heavy atom. The van der Waals surface area contributed by atoms with E-state index in [1.165, 1.54) is 18.0 Å². The minimum absolute atomic E-state index is 0.346. The van der Waals surface area contributed by atoms with E-state index in [0.29, 0.717) is 6.61 Å². The molecule has 3 N–H and O–H groups in total. The molecule has 1 fully saturated rings. The van der Waals surface area contributed by atoms with Crippen LogP contribution < -0.4 is 19.3 Å². The van der Waals surface area contributed by atoms with E-state index in [2.05, 4.69) is 7.05 Å². The van der Waals surface area contributed by atoms with Crippen LogP contribution in [0.4, 0.5) is 0 Å². The predicted octanol–water partition coefficient (Wildman–Crippen LogP) is -2.15. The number of nitrogens with one attached hydrogen (secondary N) is 2. The number of ether oxygens (including phenoxy) is 2. The fourth-order valence-electron chi connectivity index (χ4n) is 2.49. The largest absolute Gasteiger partial charge is 0.497 e. The number of aliphatic hydroxyl groups is 1. The van der Waals surface area contributed by atoms with E-state index in [-0.39, 0.29) is 0 Å². The molecule has 1 aromatic carbocycles. The molecule has 1 aliphatic heterocycles. The molecule has 0 saturated carbocycles. The summed E-state index contributed by atoms with van der Waals surface area (Å²) in [4.78, 5) is 3.05. The molecule has 0 aromatic heterocycles. The lowest BCUT2D eigenvalue weighted by molar-refractivity contribution is -1.00. The van der Waals surface area contributed by atoms with Gasteiger partial charge >= 0.3 is 0 Å². The molecule has 0 bridgehead atoms. The Kier molecular flexibility index (Phi) is 5.64. The zero-order valence-corrected chi connectivity index (χ0v) is 12.4. The van der Waals surface area contributed by atoms with Crippen LogP contribution in [0.5, 0.6) is 11.5 Å². The van der Waals surface area contributed by atoms with Crippen LogP contribution >= 0.6 is 0 Å². The molecule has 5 nitrogen and oxygen atoms in total. The van der Waals surface area contributed by atoms with Gasteiger partial charge in [-0.15, -0.1) is 0 Å². The van der Waals surface area contributed by atoms with Crippen LogP contribution in [0.25, 0.3) is 0 Å². The van der Waals surface area contributed by atoms with Gasteiger partial charge in [-0.2, -0.15) is 0 Å². The maximum Gasteiger partial charge on any atom is 0.137 e. The molecule has 1 atom stereocenters. The van der Waals surface area contributed by atoms with E-state index in [4.69, 9.17) is 9.47 Å². The second-order valence-electron chi connectivity index (χ2n) is 5.55. The molecular formula is C15H26N2O3+2. The number of hydrogen-bond donors (Lipinski definition) is 3. The molecule has 1 saturated heterocycles. The molecule has 0 radical (unpaired) electrons.